The van der Waals surface area contributed by atoms with E-state index in [0.717, 1.165) is 17.7 Å². The van der Waals surface area contributed by atoms with Crippen LogP contribution in [0.3, 0.4) is 0 Å². The zero-order valence-electron chi connectivity index (χ0n) is 22.2. The molecule has 6 rings (SSSR count). The summed E-state index contributed by atoms with van der Waals surface area (Å²) in [7, 11) is 1.45. The molecule has 3 aliphatic heterocycles. The molecule has 2 N–H and O–H groups in total. The van der Waals surface area contributed by atoms with E-state index < -0.39 is 29.8 Å². The van der Waals surface area contributed by atoms with Gasteiger partial charge in [0.05, 0.1) is 24.8 Å². The number of amides is 3. The van der Waals surface area contributed by atoms with E-state index in [1.165, 1.54) is 24.1 Å². The minimum Gasteiger partial charge on any atom is -0.493 e. The standard InChI is InChI=1S/C30H27FN4O6/c1-39-26-7-4-20-13-27(26)40-17-28(36)33-15-18-2-5-23(6-3-18)41-25-8-9-35(16-24(25)34-29(20)37)30(38)21-10-19(14-32)11-22(31)12-21/h2-7,10-13,24-25H,8-9,15-17H2,1H3,(H,33,36)(H,34,37)/t24-,25+/m0/s1. The number of nitriles is 1. The summed E-state index contributed by atoms with van der Waals surface area (Å²) in [6, 6.07) is 16.5. The first-order valence-corrected chi connectivity index (χ1v) is 13.0. The number of likely N-dealkylation sites (tertiary alicyclic amines) is 1. The van der Waals surface area contributed by atoms with Gasteiger partial charge in [-0.15, -0.1) is 0 Å². The second kappa shape index (κ2) is 12.0. The summed E-state index contributed by atoms with van der Waals surface area (Å²) in [5.74, 6) is -0.806. The van der Waals surface area contributed by atoms with E-state index in [1.54, 1.807) is 24.3 Å². The minimum atomic E-state index is -0.683. The monoisotopic (exact) mass is 558 g/mol. The van der Waals surface area contributed by atoms with Crippen LogP contribution in [0, 0.1) is 17.1 Å². The van der Waals surface area contributed by atoms with Gasteiger partial charge in [0.25, 0.3) is 17.7 Å². The van der Waals surface area contributed by atoms with Crippen molar-refractivity contribution in [2.24, 2.45) is 0 Å². The molecular weight excluding hydrogens is 531 g/mol. The molecule has 3 heterocycles. The largest absolute Gasteiger partial charge is 0.493 e. The van der Waals surface area contributed by atoms with Gasteiger partial charge in [-0.05, 0) is 54.1 Å². The van der Waals surface area contributed by atoms with Gasteiger partial charge in [0.2, 0.25) is 0 Å². The van der Waals surface area contributed by atoms with Crippen molar-refractivity contribution >= 4 is 17.7 Å². The number of piperidine rings is 1. The zero-order valence-corrected chi connectivity index (χ0v) is 22.2. The normalized spacial score (nSPS) is 18.9. The fourth-order valence-electron chi connectivity index (χ4n) is 4.79. The maximum Gasteiger partial charge on any atom is 0.258 e. The Morgan fingerprint density at radius 2 is 1.93 bits per heavy atom. The number of hydrogen-bond acceptors (Lipinski definition) is 7. The molecule has 0 spiro atoms. The molecule has 0 radical (unpaired) electrons. The van der Waals surface area contributed by atoms with E-state index in [-0.39, 0.29) is 48.0 Å². The lowest BCUT2D eigenvalue weighted by Gasteiger charge is -2.39. The quantitative estimate of drug-likeness (QED) is 0.495. The third-order valence-corrected chi connectivity index (χ3v) is 6.91. The van der Waals surface area contributed by atoms with Gasteiger partial charge in [0.1, 0.15) is 17.7 Å². The average molecular weight is 559 g/mol. The fraction of sp³-hybridized carbons (Fsp3) is 0.267. The highest BCUT2D eigenvalue weighted by Gasteiger charge is 2.35. The van der Waals surface area contributed by atoms with Gasteiger partial charge < -0.3 is 29.7 Å². The first kappa shape index (κ1) is 27.5. The second-order valence-electron chi connectivity index (χ2n) is 9.69. The number of benzene rings is 3. The maximum atomic E-state index is 14.1. The smallest absolute Gasteiger partial charge is 0.258 e. The van der Waals surface area contributed by atoms with Gasteiger partial charge in [-0.3, -0.25) is 14.4 Å². The van der Waals surface area contributed by atoms with Crippen molar-refractivity contribution in [3.63, 3.8) is 0 Å². The van der Waals surface area contributed by atoms with Crippen LogP contribution in [0.25, 0.3) is 0 Å². The van der Waals surface area contributed by atoms with E-state index in [0.29, 0.717) is 24.5 Å². The summed E-state index contributed by atoms with van der Waals surface area (Å²) in [5, 5.41) is 15.0. The molecule has 0 unspecified atom stereocenters. The highest BCUT2D eigenvalue weighted by atomic mass is 19.1. The van der Waals surface area contributed by atoms with Crippen molar-refractivity contribution in [2.45, 2.75) is 25.1 Å². The lowest BCUT2D eigenvalue weighted by Crippen LogP contribution is -2.58. The van der Waals surface area contributed by atoms with Gasteiger partial charge in [0.15, 0.2) is 18.1 Å². The van der Waals surface area contributed by atoms with Crippen LogP contribution in [0.5, 0.6) is 17.2 Å². The SMILES string of the molecule is COc1ccc2cc1OCC(=O)NCc1ccc(cc1)O[C@@H]1CCN(C(=O)c3cc(F)cc(C#N)c3)C[C@@H]1NC2=O. The first-order chi connectivity index (χ1) is 19.8. The fourth-order valence-corrected chi connectivity index (χ4v) is 4.79. The molecule has 11 heteroatoms. The molecule has 4 bridgehead atoms. The van der Waals surface area contributed by atoms with Crippen LogP contribution in [0.15, 0.2) is 60.7 Å². The van der Waals surface area contributed by atoms with Crippen molar-refractivity contribution in [1.82, 2.24) is 15.5 Å². The summed E-state index contributed by atoms with van der Waals surface area (Å²) in [6.45, 7) is 0.386. The van der Waals surface area contributed by atoms with Crippen LogP contribution in [-0.2, 0) is 11.3 Å². The maximum absolute atomic E-state index is 14.1. The van der Waals surface area contributed by atoms with Gasteiger partial charge in [-0.1, -0.05) is 12.1 Å². The minimum absolute atomic E-state index is 0.0401. The molecule has 1 fully saturated rings. The van der Waals surface area contributed by atoms with Gasteiger partial charge in [-0.25, -0.2) is 4.39 Å². The number of rotatable bonds is 2. The number of nitrogens with zero attached hydrogens (tertiary/aromatic N) is 2. The summed E-state index contributed by atoms with van der Waals surface area (Å²) >= 11 is 0. The van der Waals surface area contributed by atoms with Crippen LogP contribution >= 0.6 is 0 Å². The molecule has 1 saturated heterocycles. The number of halogens is 1. The average Bonchev–Trinajstić information content (AvgIpc) is 2.99. The Balaban J connectivity index is 1.45. The second-order valence-corrected chi connectivity index (χ2v) is 9.69. The molecular formula is C30H27FN4O6. The lowest BCUT2D eigenvalue weighted by atomic mass is 9.99. The number of hydrogen-bond donors (Lipinski definition) is 2. The van der Waals surface area contributed by atoms with E-state index in [1.807, 2.05) is 18.2 Å². The Bertz CT molecular complexity index is 1520. The Morgan fingerprint density at radius 1 is 1.12 bits per heavy atom. The molecule has 3 aliphatic rings. The summed E-state index contributed by atoms with van der Waals surface area (Å²) in [6.07, 6.45) is -0.105. The van der Waals surface area contributed by atoms with E-state index in [4.69, 9.17) is 14.2 Å². The van der Waals surface area contributed by atoms with Crippen LogP contribution in [-0.4, -0.2) is 61.6 Å². The number of fused-ring (bicyclic) bond motifs is 7. The molecule has 0 aliphatic carbocycles. The van der Waals surface area contributed by atoms with Crippen molar-refractivity contribution in [3.8, 4) is 23.3 Å². The van der Waals surface area contributed by atoms with Crippen molar-refractivity contribution in [2.75, 3.05) is 26.8 Å². The van der Waals surface area contributed by atoms with Crippen LogP contribution in [0.2, 0.25) is 0 Å². The molecule has 0 saturated carbocycles. The van der Waals surface area contributed by atoms with Crippen molar-refractivity contribution in [1.29, 1.82) is 5.26 Å². The molecule has 3 amide bonds. The molecule has 3 aromatic carbocycles. The molecule has 10 nitrogen and oxygen atoms in total. The van der Waals surface area contributed by atoms with Gasteiger partial charge >= 0.3 is 0 Å². The van der Waals surface area contributed by atoms with E-state index >= 15 is 0 Å². The molecule has 210 valence electrons. The molecule has 0 aromatic heterocycles. The number of ether oxygens (including phenoxy) is 3. The lowest BCUT2D eigenvalue weighted by molar-refractivity contribution is -0.123. The Morgan fingerprint density at radius 3 is 2.68 bits per heavy atom. The molecule has 2 atom stereocenters. The van der Waals surface area contributed by atoms with Crippen LogP contribution < -0.4 is 24.8 Å². The van der Waals surface area contributed by atoms with E-state index in [9.17, 15) is 24.0 Å². The molecule has 41 heavy (non-hydrogen) atoms. The van der Waals surface area contributed by atoms with Gasteiger partial charge in [-0.2, -0.15) is 5.26 Å². The topological polar surface area (TPSA) is 130 Å². The van der Waals surface area contributed by atoms with Crippen molar-refractivity contribution in [3.05, 3.63) is 88.7 Å². The highest BCUT2D eigenvalue weighted by Crippen LogP contribution is 2.29. The van der Waals surface area contributed by atoms with Crippen LogP contribution in [0.1, 0.15) is 38.3 Å². The number of carbonyl (C=O) groups excluding carboxylic acids is 3. The zero-order chi connectivity index (χ0) is 28.9. The predicted octanol–water partition coefficient (Wildman–Crippen LogP) is 2.81. The van der Waals surface area contributed by atoms with Crippen molar-refractivity contribution < 1.29 is 33.0 Å². The summed E-state index contributed by atoms with van der Waals surface area (Å²) in [4.78, 5) is 40.6. The molecule has 3 aromatic rings. The number of nitrogens with one attached hydrogen (secondary N) is 2. The summed E-state index contributed by atoms with van der Waals surface area (Å²) in [5.41, 5.74) is 1.19. The van der Waals surface area contributed by atoms with E-state index in [2.05, 4.69) is 10.6 Å². The predicted molar refractivity (Wildman–Crippen MR) is 144 cm³/mol. The Labute approximate surface area is 235 Å². The summed E-state index contributed by atoms with van der Waals surface area (Å²) < 4.78 is 31.3. The van der Waals surface area contributed by atoms with Gasteiger partial charge in [0, 0.05) is 37.2 Å². The first-order valence-electron chi connectivity index (χ1n) is 13.0. The van der Waals surface area contributed by atoms with Crippen LogP contribution in [0.4, 0.5) is 4.39 Å². The highest BCUT2D eigenvalue weighted by molar-refractivity contribution is 5.96. The third-order valence-electron chi connectivity index (χ3n) is 6.91. The number of carbonyl (C=O) groups is 3. The number of methoxy groups -OCH3 is 1. The Hall–Kier alpha value is -5.11. The Kier molecular flexibility index (Phi) is 8.01. The third kappa shape index (κ3) is 6.38.